The smallest absolute Gasteiger partial charge is 0.243 e. The topological polar surface area (TPSA) is 87.1 Å². The first-order valence-electron chi connectivity index (χ1n) is 11.3. The Labute approximate surface area is 204 Å². The van der Waals surface area contributed by atoms with E-state index in [9.17, 15) is 8.42 Å². The molecule has 0 radical (unpaired) electrons. The Balaban J connectivity index is 1.37. The number of nitrogens with one attached hydrogen (secondary N) is 1. The van der Waals surface area contributed by atoms with Crippen molar-refractivity contribution in [1.82, 2.24) is 9.29 Å². The standard InChI is InChI=1S/C24H29N5O3S2/c1-3-28(4-2)21-9-5-19(6-10-21)17-25-27-24-26-23(18-33-24)20-7-11-22(12-8-20)34(30,31)29-13-15-32-16-14-29/h5-12,17-18H,3-4,13-16H2,1-2H3,(H,26,27). The van der Waals surface area contributed by atoms with Gasteiger partial charge in [0.2, 0.25) is 15.2 Å². The number of hydrogen-bond acceptors (Lipinski definition) is 8. The predicted octanol–water partition coefficient (Wildman–Crippen LogP) is 4.12. The number of rotatable bonds is 9. The Morgan fingerprint density at radius 1 is 1.09 bits per heavy atom. The predicted molar refractivity (Wildman–Crippen MR) is 138 cm³/mol. The summed E-state index contributed by atoms with van der Waals surface area (Å²) in [7, 11) is -3.50. The largest absolute Gasteiger partial charge is 0.379 e. The van der Waals surface area contributed by atoms with Gasteiger partial charge in [0, 0.05) is 42.8 Å². The van der Waals surface area contributed by atoms with Crippen molar-refractivity contribution >= 4 is 38.4 Å². The highest BCUT2D eigenvalue weighted by atomic mass is 32.2. The van der Waals surface area contributed by atoms with Gasteiger partial charge in [-0.1, -0.05) is 24.3 Å². The highest BCUT2D eigenvalue weighted by Crippen LogP contribution is 2.27. The maximum absolute atomic E-state index is 12.8. The van der Waals surface area contributed by atoms with Crippen LogP contribution in [0, 0.1) is 0 Å². The third-order valence-electron chi connectivity index (χ3n) is 5.66. The number of sulfonamides is 1. The van der Waals surface area contributed by atoms with E-state index in [1.54, 1.807) is 30.5 Å². The fourth-order valence-electron chi connectivity index (χ4n) is 3.71. The summed E-state index contributed by atoms with van der Waals surface area (Å²) < 4.78 is 32.3. The Morgan fingerprint density at radius 3 is 2.41 bits per heavy atom. The average molecular weight is 500 g/mol. The Morgan fingerprint density at radius 2 is 1.76 bits per heavy atom. The summed E-state index contributed by atoms with van der Waals surface area (Å²) in [5.74, 6) is 0. The molecule has 4 rings (SSSR count). The quantitative estimate of drug-likeness (QED) is 0.352. The molecule has 1 aliphatic rings. The van der Waals surface area contributed by atoms with E-state index in [1.807, 2.05) is 17.5 Å². The molecule has 1 N–H and O–H groups in total. The molecule has 0 bridgehead atoms. The molecule has 8 nitrogen and oxygen atoms in total. The van der Waals surface area contributed by atoms with Crippen molar-refractivity contribution < 1.29 is 13.2 Å². The summed E-state index contributed by atoms with van der Waals surface area (Å²) >= 11 is 1.44. The van der Waals surface area contributed by atoms with E-state index in [4.69, 9.17) is 4.74 Å². The Kier molecular flexibility index (Phi) is 7.94. The lowest BCUT2D eigenvalue weighted by Gasteiger charge is -2.26. The molecular weight excluding hydrogens is 470 g/mol. The molecule has 34 heavy (non-hydrogen) atoms. The number of nitrogens with zero attached hydrogens (tertiary/aromatic N) is 4. The minimum atomic E-state index is -3.50. The number of hydrogen-bond donors (Lipinski definition) is 1. The Hall–Kier alpha value is -2.79. The van der Waals surface area contributed by atoms with Crippen LogP contribution in [-0.4, -0.2) is 63.3 Å². The van der Waals surface area contributed by atoms with Crippen LogP contribution in [0.15, 0.2) is 63.9 Å². The molecule has 0 unspecified atom stereocenters. The van der Waals surface area contributed by atoms with Crippen molar-refractivity contribution in [1.29, 1.82) is 0 Å². The number of morpholine rings is 1. The zero-order valence-electron chi connectivity index (χ0n) is 19.3. The molecule has 3 aromatic rings. The lowest BCUT2D eigenvalue weighted by molar-refractivity contribution is 0.0730. The summed E-state index contributed by atoms with van der Waals surface area (Å²) in [6, 6.07) is 15.1. The number of aromatic nitrogens is 1. The SMILES string of the molecule is CCN(CC)c1ccc(C=NNc2nc(-c3ccc(S(=O)(=O)N4CCOCC4)cc3)cs2)cc1. The van der Waals surface area contributed by atoms with Gasteiger partial charge < -0.3 is 9.64 Å². The highest BCUT2D eigenvalue weighted by molar-refractivity contribution is 7.89. The molecule has 0 amide bonds. The second-order valence-corrected chi connectivity index (χ2v) is 10.5. The van der Waals surface area contributed by atoms with Crippen molar-refractivity contribution in [2.24, 2.45) is 5.10 Å². The number of anilines is 2. The van der Waals surface area contributed by atoms with Crippen LogP contribution in [0.4, 0.5) is 10.8 Å². The zero-order chi connectivity index (χ0) is 24.0. The first-order chi connectivity index (χ1) is 16.5. The van der Waals surface area contributed by atoms with E-state index in [0.717, 1.165) is 29.9 Å². The molecular formula is C24H29N5O3S2. The molecule has 1 saturated heterocycles. The van der Waals surface area contributed by atoms with Gasteiger partial charge in [0.25, 0.3) is 0 Å². The number of hydrazone groups is 1. The first-order valence-corrected chi connectivity index (χ1v) is 13.6. The van der Waals surface area contributed by atoms with Gasteiger partial charge in [-0.15, -0.1) is 11.3 Å². The normalized spacial score (nSPS) is 15.0. The van der Waals surface area contributed by atoms with Gasteiger partial charge in [-0.3, -0.25) is 5.43 Å². The van der Waals surface area contributed by atoms with Crippen LogP contribution < -0.4 is 10.3 Å². The summed E-state index contributed by atoms with van der Waals surface area (Å²) in [5.41, 5.74) is 6.78. The van der Waals surface area contributed by atoms with E-state index >= 15 is 0 Å². The fraction of sp³-hybridized carbons (Fsp3) is 0.333. The average Bonchev–Trinajstić information content (AvgIpc) is 3.35. The minimum absolute atomic E-state index is 0.281. The van der Waals surface area contributed by atoms with Crippen LogP contribution in [-0.2, 0) is 14.8 Å². The van der Waals surface area contributed by atoms with Crippen molar-refractivity contribution in [2.45, 2.75) is 18.7 Å². The third-order valence-corrected chi connectivity index (χ3v) is 8.32. The van der Waals surface area contributed by atoms with Crippen molar-refractivity contribution in [3.63, 3.8) is 0 Å². The highest BCUT2D eigenvalue weighted by Gasteiger charge is 2.26. The minimum Gasteiger partial charge on any atom is -0.379 e. The summed E-state index contributed by atoms with van der Waals surface area (Å²) in [4.78, 5) is 7.14. The van der Waals surface area contributed by atoms with Crippen molar-refractivity contribution in [3.8, 4) is 11.3 Å². The fourth-order valence-corrected chi connectivity index (χ4v) is 5.79. The molecule has 0 atom stereocenters. The van der Waals surface area contributed by atoms with E-state index in [1.165, 1.54) is 21.3 Å². The number of ether oxygens (including phenoxy) is 1. The monoisotopic (exact) mass is 499 g/mol. The van der Waals surface area contributed by atoms with Crippen LogP contribution in [0.1, 0.15) is 19.4 Å². The molecule has 0 spiro atoms. The van der Waals surface area contributed by atoms with Gasteiger partial charge in [0.1, 0.15) is 0 Å². The van der Waals surface area contributed by atoms with Gasteiger partial charge in [-0.2, -0.15) is 9.41 Å². The van der Waals surface area contributed by atoms with Crippen molar-refractivity contribution in [3.05, 3.63) is 59.5 Å². The molecule has 180 valence electrons. The van der Waals surface area contributed by atoms with Gasteiger partial charge in [-0.05, 0) is 43.7 Å². The van der Waals surface area contributed by atoms with Crippen LogP contribution in [0.25, 0.3) is 11.3 Å². The maximum Gasteiger partial charge on any atom is 0.243 e. The summed E-state index contributed by atoms with van der Waals surface area (Å²) in [5, 5.41) is 6.88. The van der Waals surface area contributed by atoms with Gasteiger partial charge >= 0.3 is 0 Å². The lowest BCUT2D eigenvalue weighted by Crippen LogP contribution is -2.40. The van der Waals surface area contributed by atoms with Gasteiger partial charge in [0.05, 0.1) is 30.0 Å². The second kappa shape index (κ2) is 11.1. The molecule has 1 aromatic heterocycles. The molecule has 0 aliphatic carbocycles. The molecule has 10 heteroatoms. The molecule has 0 saturated carbocycles. The Bertz CT molecular complexity index is 1200. The van der Waals surface area contributed by atoms with Crippen LogP contribution >= 0.6 is 11.3 Å². The molecule has 2 aromatic carbocycles. The lowest BCUT2D eigenvalue weighted by atomic mass is 10.2. The van der Waals surface area contributed by atoms with Crippen LogP contribution in [0.2, 0.25) is 0 Å². The first kappa shape index (κ1) is 24.3. The summed E-state index contributed by atoms with van der Waals surface area (Å²) in [6.45, 7) is 7.86. The van der Waals surface area contributed by atoms with Gasteiger partial charge in [-0.25, -0.2) is 13.4 Å². The number of benzene rings is 2. The van der Waals surface area contributed by atoms with E-state index < -0.39 is 10.0 Å². The van der Waals surface area contributed by atoms with Crippen LogP contribution in [0.3, 0.4) is 0 Å². The zero-order valence-corrected chi connectivity index (χ0v) is 21.0. The van der Waals surface area contributed by atoms with E-state index in [0.29, 0.717) is 31.4 Å². The van der Waals surface area contributed by atoms with E-state index in [2.05, 4.69) is 46.4 Å². The molecule has 1 fully saturated rings. The molecule has 2 heterocycles. The van der Waals surface area contributed by atoms with Gasteiger partial charge in [0.15, 0.2) is 0 Å². The molecule has 1 aliphatic heterocycles. The maximum atomic E-state index is 12.8. The van der Waals surface area contributed by atoms with Crippen LogP contribution in [0.5, 0.6) is 0 Å². The second-order valence-electron chi connectivity index (χ2n) is 7.71. The van der Waals surface area contributed by atoms with Crippen molar-refractivity contribution in [2.75, 3.05) is 49.7 Å². The third kappa shape index (κ3) is 5.64. The number of thiazole rings is 1. The summed E-state index contributed by atoms with van der Waals surface area (Å²) in [6.07, 6.45) is 1.76. The van der Waals surface area contributed by atoms with E-state index in [-0.39, 0.29) is 4.90 Å².